The normalized spacial score (nSPS) is 16.2. The minimum Gasteiger partial charge on any atom is -0.496 e. The number of amides is 2. The molecule has 45 heavy (non-hydrogen) atoms. The first kappa shape index (κ1) is 32.3. The van der Waals surface area contributed by atoms with Crippen molar-refractivity contribution in [1.29, 1.82) is 0 Å². The van der Waals surface area contributed by atoms with Crippen LogP contribution < -0.4 is 20.1 Å². The Labute approximate surface area is 275 Å². The lowest BCUT2D eigenvalue weighted by Crippen LogP contribution is -2.34. The molecular weight excluding hydrogens is 674 g/mol. The fourth-order valence-electron chi connectivity index (χ4n) is 4.88. The summed E-state index contributed by atoms with van der Waals surface area (Å²) in [4.78, 5) is 28.3. The standard InChI is InChI=1S/C34H30BrN3O5S2/c1-43-30-18-13-27(35)21-26(30)19-20-37-32(39)22-31-33(40)38(28-14-16-29(17-15-28)45(36,41)42)34(44-31)25-11-9-24(10-12-25)8-7-23-5-3-2-4-6-23/h2-6,9-18,21,31,34H,19-20,22H2,1H3,(H,37,39)(H2,36,41,42)/t31-,34+/m1/s1. The van der Waals surface area contributed by atoms with E-state index in [1.54, 1.807) is 24.1 Å². The number of ether oxygens (including phenoxy) is 1. The monoisotopic (exact) mass is 703 g/mol. The SMILES string of the molecule is COc1ccc(Br)cc1CCNC(=O)C[C@H]1S[C@@H](c2ccc(C#Cc3ccccc3)cc2)N(c2ccc(S(N)(=O)=O)cc2)C1=O. The number of carbonyl (C=O) groups is 2. The molecule has 230 valence electrons. The van der Waals surface area contributed by atoms with Crippen molar-refractivity contribution in [3.63, 3.8) is 0 Å². The third-order valence-corrected chi connectivity index (χ3v) is 9.99. The number of rotatable bonds is 9. The van der Waals surface area contributed by atoms with Crippen molar-refractivity contribution in [2.75, 3.05) is 18.6 Å². The van der Waals surface area contributed by atoms with Crippen LogP contribution in [0.15, 0.2) is 106 Å². The van der Waals surface area contributed by atoms with Gasteiger partial charge in [0.1, 0.15) is 11.1 Å². The lowest BCUT2D eigenvalue weighted by molar-refractivity contribution is -0.124. The third kappa shape index (κ3) is 8.15. The maximum Gasteiger partial charge on any atom is 0.241 e. The molecule has 1 aliphatic rings. The predicted octanol–water partition coefficient (Wildman–Crippen LogP) is 5.40. The fraction of sp³-hybridized carbons (Fsp3) is 0.176. The molecule has 1 heterocycles. The Morgan fingerprint density at radius 1 is 0.978 bits per heavy atom. The molecule has 5 rings (SSSR count). The number of hydrogen-bond donors (Lipinski definition) is 2. The number of carbonyl (C=O) groups excluding carboxylic acids is 2. The van der Waals surface area contributed by atoms with Crippen molar-refractivity contribution >= 4 is 55.2 Å². The Morgan fingerprint density at radius 3 is 2.29 bits per heavy atom. The number of nitrogens with two attached hydrogens (primary N) is 1. The van der Waals surface area contributed by atoms with Gasteiger partial charge in [-0.2, -0.15) is 0 Å². The van der Waals surface area contributed by atoms with Crippen LogP contribution in [0.4, 0.5) is 5.69 Å². The summed E-state index contributed by atoms with van der Waals surface area (Å²) in [6, 6.07) is 28.9. The van der Waals surface area contributed by atoms with Gasteiger partial charge in [0.05, 0.1) is 17.3 Å². The van der Waals surface area contributed by atoms with Gasteiger partial charge in [-0.25, -0.2) is 13.6 Å². The Kier molecular flexibility index (Phi) is 10.3. The summed E-state index contributed by atoms with van der Waals surface area (Å²) in [5, 5.41) is 7.12. The van der Waals surface area contributed by atoms with Gasteiger partial charge in [-0.1, -0.05) is 58.1 Å². The van der Waals surface area contributed by atoms with Crippen LogP contribution in [0.5, 0.6) is 5.75 Å². The van der Waals surface area contributed by atoms with Crippen molar-refractivity contribution < 1.29 is 22.7 Å². The van der Waals surface area contributed by atoms with Gasteiger partial charge in [-0.3, -0.25) is 14.5 Å². The highest BCUT2D eigenvalue weighted by atomic mass is 79.9. The molecule has 0 saturated carbocycles. The Balaban J connectivity index is 1.33. The number of halogens is 1. The van der Waals surface area contributed by atoms with E-state index in [1.165, 1.54) is 23.9 Å². The molecule has 0 unspecified atom stereocenters. The molecular formula is C34H30BrN3O5S2. The van der Waals surface area contributed by atoms with Crippen LogP contribution in [0.3, 0.4) is 0 Å². The number of methoxy groups -OCH3 is 1. The Morgan fingerprint density at radius 2 is 1.64 bits per heavy atom. The van der Waals surface area contributed by atoms with E-state index < -0.39 is 20.6 Å². The largest absolute Gasteiger partial charge is 0.496 e. The molecule has 2 amide bonds. The zero-order chi connectivity index (χ0) is 32.0. The van der Waals surface area contributed by atoms with E-state index in [4.69, 9.17) is 9.88 Å². The van der Waals surface area contributed by atoms with E-state index in [-0.39, 0.29) is 23.1 Å². The van der Waals surface area contributed by atoms with Crippen molar-refractivity contribution in [1.82, 2.24) is 5.32 Å². The molecule has 8 nitrogen and oxygen atoms in total. The van der Waals surface area contributed by atoms with Gasteiger partial charge >= 0.3 is 0 Å². The first-order valence-electron chi connectivity index (χ1n) is 14.0. The molecule has 0 radical (unpaired) electrons. The second kappa shape index (κ2) is 14.3. The van der Waals surface area contributed by atoms with E-state index in [2.05, 4.69) is 33.1 Å². The van der Waals surface area contributed by atoms with Gasteiger partial charge < -0.3 is 10.1 Å². The van der Waals surface area contributed by atoms with Gasteiger partial charge in [-0.15, -0.1) is 11.8 Å². The molecule has 0 spiro atoms. The minimum atomic E-state index is -3.90. The molecule has 4 aromatic rings. The number of primary sulfonamides is 1. The summed E-state index contributed by atoms with van der Waals surface area (Å²) >= 11 is 4.84. The van der Waals surface area contributed by atoms with Crippen LogP contribution in [0.2, 0.25) is 0 Å². The third-order valence-electron chi connectivity index (χ3n) is 7.13. The van der Waals surface area contributed by atoms with Crippen molar-refractivity contribution in [3.8, 4) is 17.6 Å². The zero-order valence-electron chi connectivity index (χ0n) is 24.3. The van der Waals surface area contributed by atoms with Gasteiger partial charge in [0.15, 0.2) is 0 Å². The van der Waals surface area contributed by atoms with Gasteiger partial charge in [0, 0.05) is 34.3 Å². The Hall–Kier alpha value is -4.08. The van der Waals surface area contributed by atoms with Crippen molar-refractivity contribution in [2.24, 2.45) is 5.14 Å². The lowest BCUT2D eigenvalue weighted by Gasteiger charge is -2.24. The van der Waals surface area contributed by atoms with Crippen molar-refractivity contribution in [2.45, 2.75) is 28.4 Å². The van der Waals surface area contributed by atoms with E-state index in [9.17, 15) is 18.0 Å². The first-order chi connectivity index (χ1) is 21.6. The van der Waals surface area contributed by atoms with Crippen LogP contribution in [0, 0.1) is 11.8 Å². The number of benzene rings is 4. The molecule has 0 aromatic heterocycles. The quantitative estimate of drug-likeness (QED) is 0.226. The zero-order valence-corrected chi connectivity index (χ0v) is 27.5. The van der Waals surface area contributed by atoms with Crippen LogP contribution in [-0.4, -0.2) is 39.1 Å². The molecule has 1 saturated heterocycles. The lowest BCUT2D eigenvalue weighted by atomic mass is 10.1. The topological polar surface area (TPSA) is 119 Å². The van der Waals surface area contributed by atoms with E-state index in [1.807, 2.05) is 72.8 Å². The molecule has 2 atom stereocenters. The molecule has 11 heteroatoms. The second-order valence-corrected chi connectivity index (χ2v) is 14.0. The highest BCUT2D eigenvalue weighted by molar-refractivity contribution is 9.10. The Bertz CT molecular complexity index is 1860. The predicted molar refractivity (Wildman–Crippen MR) is 180 cm³/mol. The fourth-order valence-corrected chi connectivity index (χ4v) is 7.26. The van der Waals surface area contributed by atoms with Crippen LogP contribution in [0.1, 0.15) is 34.0 Å². The van der Waals surface area contributed by atoms with Gasteiger partial charge in [-0.05, 0) is 84.3 Å². The van der Waals surface area contributed by atoms with Crippen molar-refractivity contribution in [3.05, 3.63) is 124 Å². The maximum absolute atomic E-state index is 13.8. The summed E-state index contributed by atoms with van der Waals surface area (Å²) in [6.45, 7) is 0.380. The molecule has 1 fully saturated rings. The molecule has 3 N–H and O–H groups in total. The number of thioether (sulfide) groups is 1. The number of nitrogens with one attached hydrogen (secondary N) is 1. The summed E-state index contributed by atoms with van der Waals surface area (Å²) in [6.07, 6.45) is 0.548. The van der Waals surface area contributed by atoms with Crippen LogP contribution in [-0.2, 0) is 26.0 Å². The first-order valence-corrected chi connectivity index (χ1v) is 17.3. The average molecular weight is 705 g/mol. The van der Waals surface area contributed by atoms with Gasteiger partial charge in [0.25, 0.3) is 0 Å². The molecule has 0 bridgehead atoms. The van der Waals surface area contributed by atoms with E-state index in [0.717, 1.165) is 32.5 Å². The summed E-state index contributed by atoms with van der Waals surface area (Å²) in [5.41, 5.74) is 4.02. The van der Waals surface area contributed by atoms with Crippen LogP contribution in [0.25, 0.3) is 0 Å². The molecule has 4 aromatic carbocycles. The highest BCUT2D eigenvalue weighted by Gasteiger charge is 2.42. The van der Waals surface area contributed by atoms with E-state index in [0.29, 0.717) is 18.7 Å². The smallest absolute Gasteiger partial charge is 0.241 e. The number of hydrogen-bond acceptors (Lipinski definition) is 6. The molecule has 0 aliphatic carbocycles. The summed E-state index contributed by atoms with van der Waals surface area (Å²) in [5.74, 6) is 6.54. The maximum atomic E-state index is 13.8. The van der Waals surface area contributed by atoms with Gasteiger partial charge in [0.2, 0.25) is 21.8 Å². The summed E-state index contributed by atoms with van der Waals surface area (Å²) < 4.78 is 30.0. The molecule has 1 aliphatic heterocycles. The van der Waals surface area contributed by atoms with Crippen LogP contribution >= 0.6 is 27.7 Å². The minimum absolute atomic E-state index is 0.0119. The second-order valence-electron chi connectivity index (χ2n) is 10.2. The average Bonchev–Trinajstić information content (AvgIpc) is 3.35. The van der Waals surface area contributed by atoms with E-state index >= 15 is 0 Å². The number of nitrogens with zero attached hydrogens (tertiary/aromatic N) is 1. The number of sulfonamides is 1. The number of anilines is 1. The highest BCUT2D eigenvalue weighted by Crippen LogP contribution is 2.46. The summed E-state index contributed by atoms with van der Waals surface area (Å²) in [7, 11) is -2.30.